The van der Waals surface area contributed by atoms with Gasteiger partial charge in [0.25, 0.3) is 5.91 Å². The lowest BCUT2D eigenvalue weighted by Gasteiger charge is -2.07. The molecule has 0 saturated heterocycles. The first-order chi connectivity index (χ1) is 10.6. The molecule has 0 spiro atoms. The Morgan fingerprint density at radius 2 is 2.05 bits per heavy atom. The maximum atomic E-state index is 12.2. The van der Waals surface area contributed by atoms with Crippen molar-refractivity contribution in [3.63, 3.8) is 0 Å². The van der Waals surface area contributed by atoms with Gasteiger partial charge in [0.2, 0.25) is 5.89 Å². The zero-order valence-corrected chi connectivity index (χ0v) is 12.9. The number of rotatable bonds is 4. The normalized spacial score (nSPS) is 12.1. The van der Waals surface area contributed by atoms with E-state index in [0.717, 1.165) is 10.6 Å². The van der Waals surface area contributed by atoms with Crippen LogP contribution in [0.3, 0.4) is 0 Å². The first-order valence-electron chi connectivity index (χ1n) is 6.75. The minimum absolute atomic E-state index is 0.262. The Morgan fingerprint density at radius 3 is 2.73 bits per heavy atom. The van der Waals surface area contributed by atoms with Crippen molar-refractivity contribution in [3.8, 4) is 10.6 Å². The van der Waals surface area contributed by atoms with Gasteiger partial charge in [0.1, 0.15) is 16.7 Å². The Hall–Kier alpha value is -2.54. The fraction of sp³-hybridized carbons (Fsp3) is 0.200. The molecule has 0 radical (unpaired) electrons. The summed E-state index contributed by atoms with van der Waals surface area (Å²) in [4.78, 5) is 20.7. The predicted molar refractivity (Wildman–Crippen MR) is 82.5 cm³/mol. The molecular formula is C15H14N4O2S. The SMILES string of the molecule is Cc1noc([C@@H](C)NC(=O)c2csc(-c3ccccc3)n2)n1. The average Bonchev–Trinajstić information content (AvgIpc) is 3.17. The number of carbonyl (C=O) groups excluding carboxylic acids is 1. The van der Waals surface area contributed by atoms with E-state index in [9.17, 15) is 4.79 Å². The van der Waals surface area contributed by atoms with E-state index in [-0.39, 0.29) is 11.9 Å². The second kappa shape index (κ2) is 6.07. The highest BCUT2D eigenvalue weighted by Gasteiger charge is 2.18. The summed E-state index contributed by atoms with van der Waals surface area (Å²) in [7, 11) is 0. The van der Waals surface area contributed by atoms with E-state index in [1.807, 2.05) is 30.3 Å². The number of nitrogens with one attached hydrogen (secondary N) is 1. The summed E-state index contributed by atoms with van der Waals surface area (Å²) in [6.07, 6.45) is 0. The van der Waals surface area contributed by atoms with E-state index < -0.39 is 0 Å². The van der Waals surface area contributed by atoms with Crippen molar-refractivity contribution in [2.45, 2.75) is 19.9 Å². The summed E-state index contributed by atoms with van der Waals surface area (Å²) in [5.41, 5.74) is 1.37. The lowest BCUT2D eigenvalue weighted by molar-refractivity contribution is 0.0928. The number of aromatic nitrogens is 3. The third-order valence-electron chi connectivity index (χ3n) is 3.02. The molecule has 1 N–H and O–H groups in total. The van der Waals surface area contributed by atoms with E-state index in [0.29, 0.717) is 17.4 Å². The van der Waals surface area contributed by atoms with Crippen LogP contribution in [0.2, 0.25) is 0 Å². The molecule has 112 valence electrons. The largest absolute Gasteiger partial charge is 0.339 e. The molecule has 2 aromatic heterocycles. The Bertz CT molecular complexity index is 782. The van der Waals surface area contributed by atoms with E-state index >= 15 is 0 Å². The molecule has 22 heavy (non-hydrogen) atoms. The fourth-order valence-corrected chi connectivity index (χ4v) is 2.72. The Balaban J connectivity index is 1.72. The van der Waals surface area contributed by atoms with Gasteiger partial charge in [-0.15, -0.1) is 11.3 Å². The molecule has 0 aliphatic rings. The van der Waals surface area contributed by atoms with Gasteiger partial charge < -0.3 is 9.84 Å². The van der Waals surface area contributed by atoms with Gasteiger partial charge in [-0.1, -0.05) is 35.5 Å². The van der Waals surface area contributed by atoms with Crippen LogP contribution in [0.5, 0.6) is 0 Å². The zero-order chi connectivity index (χ0) is 15.5. The molecule has 2 heterocycles. The maximum Gasteiger partial charge on any atom is 0.271 e. The first-order valence-corrected chi connectivity index (χ1v) is 7.63. The molecule has 6 nitrogen and oxygen atoms in total. The summed E-state index contributed by atoms with van der Waals surface area (Å²) in [6.45, 7) is 3.52. The fourth-order valence-electron chi connectivity index (χ4n) is 1.91. The number of aryl methyl sites for hydroxylation is 1. The molecule has 3 aromatic rings. The van der Waals surface area contributed by atoms with Crippen LogP contribution >= 0.6 is 11.3 Å². The number of nitrogens with zero attached hydrogens (tertiary/aromatic N) is 3. The van der Waals surface area contributed by atoms with Crippen molar-refractivity contribution in [2.24, 2.45) is 0 Å². The predicted octanol–water partition coefficient (Wildman–Crippen LogP) is 2.99. The number of benzene rings is 1. The number of amides is 1. The van der Waals surface area contributed by atoms with Crippen molar-refractivity contribution in [1.82, 2.24) is 20.4 Å². The molecule has 0 bridgehead atoms. The maximum absolute atomic E-state index is 12.2. The standard InChI is InChI=1S/C15H14N4O2S/c1-9(14-17-10(2)19-21-14)16-13(20)12-8-22-15(18-12)11-6-4-3-5-7-11/h3-9H,1-2H3,(H,16,20)/t9-/m1/s1. The minimum Gasteiger partial charge on any atom is -0.339 e. The van der Waals surface area contributed by atoms with Crippen molar-refractivity contribution in [1.29, 1.82) is 0 Å². The quantitative estimate of drug-likeness (QED) is 0.800. The zero-order valence-electron chi connectivity index (χ0n) is 12.1. The van der Waals surface area contributed by atoms with Crippen LogP contribution in [0.1, 0.15) is 35.2 Å². The second-order valence-corrected chi connectivity index (χ2v) is 5.64. The van der Waals surface area contributed by atoms with Crippen LogP contribution in [-0.2, 0) is 0 Å². The molecular weight excluding hydrogens is 300 g/mol. The van der Waals surface area contributed by atoms with Gasteiger partial charge in [0.05, 0.1) is 0 Å². The molecule has 0 unspecified atom stereocenters. The van der Waals surface area contributed by atoms with Crippen molar-refractivity contribution >= 4 is 17.2 Å². The van der Waals surface area contributed by atoms with Gasteiger partial charge in [-0.05, 0) is 13.8 Å². The lowest BCUT2D eigenvalue weighted by Crippen LogP contribution is -2.27. The third kappa shape index (κ3) is 3.04. The molecule has 7 heteroatoms. The molecule has 0 aliphatic heterocycles. The molecule has 0 fully saturated rings. The van der Waals surface area contributed by atoms with Crippen LogP contribution in [0, 0.1) is 6.92 Å². The highest BCUT2D eigenvalue weighted by atomic mass is 32.1. The minimum atomic E-state index is -0.365. The van der Waals surface area contributed by atoms with Gasteiger partial charge in [-0.3, -0.25) is 4.79 Å². The van der Waals surface area contributed by atoms with Gasteiger partial charge in [0.15, 0.2) is 5.82 Å². The summed E-state index contributed by atoms with van der Waals surface area (Å²) in [5.74, 6) is 0.655. The van der Waals surface area contributed by atoms with E-state index in [4.69, 9.17) is 4.52 Å². The highest BCUT2D eigenvalue weighted by Crippen LogP contribution is 2.23. The number of thiazole rings is 1. The molecule has 0 aliphatic carbocycles. The van der Waals surface area contributed by atoms with Crippen molar-refractivity contribution in [2.75, 3.05) is 0 Å². The monoisotopic (exact) mass is 314 g/mol. The molecule has 0 saturated carbocycles. The Morgan fingerprint density at radius 1 is 1.27 bits per heavy atom. The van der Waals surface area contributed by atoms with Crippen LogP contribution in [0.4, 0.5) is 0 Å². The second-order valence-electron chi connectivity index (χ2n) is 4.78. The Kier molecular flexibility index (Phi) is 3.97. The summed E-state index contributed by atoms with van der Waals surface area (Å²) >= 11 is 1.43. The summed E-state index contributed by atoms with van der Waals surface area (Å²) in [5, 5.41) is 9.06. The first kappa shape index (κ1) is 14.4. The summed E-state index contributed by atoms with van der Waals surface area (Å²) < 4.78 is 5.04. The Labute approximate surface area is 131 Å². The average molecular weight is 314 g/mol. The van der Waals surface area contributed by atoms with Crippen LogP contribution in [-0.4, -0.2) is 21.0 Å². The van der Waals surface area contributed by atoms with Crippen LogP contribution < -0.4 is 5.32 Å². The third-order valence-corrected chi connectivity index (χ3v) is 3.91. The molecule has 1 amide bonds. The van der Waals surface area contributed by atoms with Crippen LogP contribution in [0.25, 0.3) is 10.6 Å². The van der Waals surface area contributed by atoms with Crippen molar-refractivity contribution < 1.29 is 9.32 Å². The lowest BCUT2D eigenvalue weighted by atomic mass is 10.2. The van der Waals surface area contributed by atoms with Crippen molar-refractivity contribution in [3.05, 3.63) is 53.1 Å². The smallest absolute Gasteiger partial charge is 0.271 e. The van der Waals surface area contributed by atoms with Gasteiger partial charge in [-0.25, -0.2) is 4.98 Å². The van der Waals surface area contributed by atoms with E-state index in [1.54, 1.807) is 19.2 Å². The molecule has 1 atom stereocenters. The van der Waals surface area contributed by atoms with Gasteiger partial charge in [0, 0.05) is 10.9 Å². The van der Waals surface area contributed by atoms with E-state index in [1.165, 1.54) is 11.3 Å². The molecule has 1 aromatic carbocycles. The highest BCUT2D eigenvalue weighted by molar-refractivity contribution is 7.13. The topological polar surface area (TPSA) is 80.9 Å². The van der Waals surface area contributed by atoms with Crippen LogP contribution in [0.15, 0.2) is 40.2 Å². The van der Waals surface area contributed by atoms with E-state index in [2.05, 4.69) is 20.4 Å². The number of carbonyl (C=O) groups is 1. The molecule has 3 rings (SSSR count). The number of hydrogen-bond donors (Lipinski definition) is 1. The number of hydrogen-bond acceptors (Lipinski definition) is 6. The van der Waals surface area contributed by atoms with Gasteiger partial charge in [-0.2, -0.15) is 4.98 Å². The summed E-state index contributed by atoms with van der Waals surface area (Å²) in [6, 6.07) is 9.39. The van der Waals surface area contributed by atoms with Gasteiger partial charge >= 0.3 is 0 Å².